The first-order valence-corrected chi connectivity index (χ1v) is 8.61. The number of likely N-dealkylation sites (N-methyl/N-ethyl adjacent to an activating group) is 1. The van der Waals surface area contributed by atoms with Crippen molar-refractivity contribution in [2.24, 2.45) is 0 Å². The van der Waals surface area contributed by atoms with Gasteiger partial charge in [0.05, 0.1) is 26.3 Å². The molecule has 0 aliphatic rings. The molecule has 2 rings (SSSR count). The van der Waals surface area contributed by atoms with Crippen LogP contribution in [0.3, 0.4) is 0 Å². The summed E-state index contributed by atoms with van der Waals surface area (Å²) < 4.78 is 23.4. The third-order valence-corrected chi connectivity index (χ3v) is 4.17. The lowest BCUT2D eigenvalue weighted by Crippen LogP contribution is -3.11. The van der Waals surface area contributed by atoms with Crippen molar-refractivity contribution in [2.45, 2.75) is 13.5 Å². The number of methoxy groups -OCH3 is 2. The third-order valence-electron chi connectivity index (χ3n) is 4.17. The second kappa shape index (κ2) is 9.68. The fourth-order valence-electron chi connectivity index (χ4n) is 2.66. The van der Waals surface area contributed by atoms with E-state index in [2.05, 4.69) is 10.1 Å². The van der Waals surface area contributed by atoms with Gasteiger partial charge in [-0.15, -0.1) is 0 Å². The van der Waals surface area contributed by atoms with Crippen LogP contribution in [0.1, 0.15) is 22.8 Å². The third kappa shape index (κ3) is 5.79. The van der Waals surface area contributed by atoms with Crippen LogP contribution < -0.4 is 15.0 Å². The van der Waals surface area contributed by atoms with Crippen LogP contribution in [0.15, 0.2) is 42.5 Å². The van der Waals surface area contributed by atoms with E-state index in [1.165, 1.54) is 20.3 Å². The summed E-state index contributed by atoms with van der Waals surface area (Å²) in [7, 11) is 2.73. The predicted octanol–water partition coefficient (Wildman–Crippen LogP) is 1.66. The van der Waals surface area contributed by atoms with E-state index in [1.54, 1.807) is 36.4 Å². The van der Waals surface area contributed by atoms with Gasteiger partial charge in [-0.05, 0) is 49.4 Å². The van der Waals surface area contributed by atoms with Gasteiger partial charge in [-0.1, -0.05) is 0 Å². The van der Waals surface area contributed by atoms with Crippen molar-refractivity contribution in [3.05, 3.63) is 59.4 Å². The Morgan fingerprint density at radius 3 is 2.37 bits per heavy atom. The normalized spacial score (nSPS) is 11.6. The monoisotopic (exact) mass is 375 g/mol. The van der Waals surface area contributed by atoms with Crippen LogP contribution in [0, 0.1) is 5.82 Å². The molecular formula is C20H24FN2O4+. The number of anilines is 1. The Morgan fingerprint density at radius 1 is 1.11 bits per heavy atom. The summed E-state index contributed by atoms with van der Waals surface area (Å²) in [6, 6.07) is 11.3. The van der Waals surface area contributed by atoms with E-state index in [0.29, 0.717) is 24.3 Å². The van der Waals surface area contributed by atoms with Crippen LogP contribution in [0.2, 0.25) is 0 Å². The van der Waals surface area contributed by atoms with Gasteiger partial charge in [-0.3, -0.25) is 4.79 Å². The number of amides is 1. The van der Waals surface area contributed by atoms with E-state index < -0.39 is 11.8 Å². The van der Waals surface area contributed by atoms with Gasteiger partial charge < -0.3 is 19.7 Å². The summed E-state index contributed by atoms with van der Waals surface area (Å²) in [4.78, 5) is 24.7. The molecule has 2 aromatic carbocycles. The highest BCUT2D eigenvalue weighted by Crippen LogP contribution is 2.17. The van der Waals surface area contributed by atoms with Crippen LogP contribution in [0.5, 0.6) is 5.75 Å². The van der Waals surface area contributed by atoms with Crippen LogP contribution in [0.4, 0.5) is 10.1 Å². The van der Waals surface area contributed by atoms with E-state index in [-0.39, 0.29) is 18.2 Å². The number of carbonyl (C=O) groups is 2. The molecule has 7 heteroatoms. The zero-order valence-electron chi connectivity index (χ0n) is 15.7. The molecule has 2 N–H and O–H groups in total. The number of benzene rings is 2. The number of carbonyl (C=O) groups excluding carboxylic acids is 2. The number of quaternary nitrogens is 1. The molecule has 2 aromatic rings. The molecule has 27 heavy (non-hydrogen) atoms. The second-order valence-electron chi connectivity index (χ2n) is 6.04. The molecule has 1 atom stereocenters. The zero-order chi connectivity index (χ0) is 19.8. The van der Waals surface area contributed by atoms with Crippen LogP contribution in [-0.2, 0) is 16.1 Å². The van der Waals surface area contributed by atoms with Gasteiger partial charge >= 0.3 is 5.97 Å². The Morgan fingerprint density at radius 2 is 1.81 bits per heavy atom. The quantitative estimate of drug-likeness (QED) is 0.689. The lowest BCUT2D eigenvalue weighted by molar-refractivity contribution is -0.903. The van der Waals surface area contributed by atoms with Gasteiger partial charge in [0, 0.05) is 11.3 Å². The molecule has 1 amide bonds. The first-order valence-electron chi connectivity index (χ1n) is 8.61. The molecule has 0 bridgehead atoms. The van der Waals surface area contributed by atoms with Gasteiger partial charge in [0.25, 0.3) is 5.91 Å². The fourth-order valence-corrected chi connectivity index (χ4v) is 2.66. The maximum Gasteiger partial charge on any atom is 0.337 e. The van der Waals surface area contributed by atoms with Crippen molar-refractivity contribution in [2.75, 3.05) is 32.6 Å². The minimum absolute atomic E-state index is 0.161. The molecule has 0 radical (unpaired) electrons. The highest BCUT2D eigenvalue weighted by molar-refractivity contribution is 5.93. The molecule has 0 aliphatic heterocycles. The molecule has 0 saturated heterocycles. The molecule has 144 valence electrons. The summed E-state index contributed by atoms with van der Waals surface area (Å²) in [5, 5.41) is 2.80. The van der Waals surface area contributed by atoms with Gasteiger partial charge in [-0.2, -0.15) is 0 Å². The molecule has 1 unspecified atom stereocenters. The predicted molar refractivity (Wildman–Crippen MR) is 99.4 cm³/mol. The number of ether oxygens (including phenoxy) is 2. The van der Waals surface area contributed by atoms with Crippen molar-refractivity contribution in [1.82, 2.24) is 0 Å². The first kappa shape index (κ1) is 20.4. The highest BCUT2D eigenvalue weighted by atomic mass is 19.1. The van der Waals surface area contributed by atoms with E-state index in [9.17, 15) is 14.0 Å². The van der Waals surface area contributed by atoms with Crippen molar-refractivity contribution in [1.29, 1.82) is 0 Å². The van der Waals surface area contributed by atoms with Gasteiger partial charge in [0.1, 0.15) is 6.54 Å². The lowest BCUT2D eigenvalue weighted by Gasteiger charge is -2.17. The SMILES string of the molecule is CC[NH+](CC(=O)Nc1ccc(C(=O)OC)cc1)Cc1ccc(OC)c(F)c1. The van der Waals surface area contributed by atoms with Crippen molar-refractivity contribution >= 4 is 17.6 Å². The maximum atomic E-state index is 13.8. The topological polar surface area (TPSA) is 69.1 Å². The van der Waals surface area contributed by atoms with Crippen molar-refractivity contribution < 1.29 is 28.4 Å². The number of halogens is 1. The Balaban J connectivity index is 1.94. The Hall–Kier alpha value is -2.93. The summed E-state index contributed by atoms with van der Waals surface area (Å²) >= 11 is 0. The van der Waals surface area contributed by atoms with E-state index in [0.717, 1.165) is 10.5 Å². The van der Waals surface area contributed by atoms with Crippen LogP contribution in [0.25, 0.3) is 0 Å². The molecule has 0 aliphatic carbocycles. The smallest absolute Gasteiger partial charge is 0.337 e. The molecule has 0 saturated carbocycles. The van der Waals surface area contributed by atoms with Crippen molar-refractivity contribution in [3.63, 3.8) is 0 Å². The number of nitrogens with one attached hydrogen (secondary N) is 2. The van der Waals surface area contributed by atoms with E-state index >= 15 is 0 Å². The summed E-state index contributed by atoms with van der Waals surface area (Å²) in [5.41, 5.74) is 1.80. The molecular weight excluding hydrogens is 351 g/mol. The second-order valence-corrected chi connectivity index (χ2v) is 6.04. The Kier molecular flexibility index (Phi) is 7.31. The summed E-state index contributed by atoms with van der Waals surface area (Å²) in [5.74, 6) is -0.807. The first-order chi connectivity index (χ1) is 13.0. The highest BCUT2D eigenvalue weighted by Gasteiger charge is 2.15. The molecule has 0 fully saturated rings. The number of hydrogen-bond acceptors (Lipinski definition) is 4. The average molecular weight is 375 g/mol. The van der Waals surface area contributed by atoms with Crippen LogP contribution in [-0.4, -0.2) is 39.2 Å². The fraction of sp³-hybridized carbons (Fsp3) is 0.300. The molecule has 0 spiro atoms. The largest absolute Gasteiger partial charge is 0.494 e. The maximum absolute atomic E-state index is 13.8. The minimum Gasteiger partial charge on any atom is -0.494 e. The molecule has 0 aromatic heterocycles. The summed E-state index contributed by atoms with van der Waals surface area (Å²) in [6.07, 6.45) is 0. The Labute approximate surface area is 157 Å². The summed E-state index contributed by atoms with van der Waals surface area (Å²) in [6.45, 7) is 3.44. The lowest BCUT2D eigenvalue weighted by atomic mass is 10.2. The van der Waals surface area contributed by atoms with Gasteiger partial charge in [-0.25, -0.2) is 9.18 Å². The number of hydrogen-bond donors (Lipinski definition) is 2. The molecule has 6 nitrogen and oxygen atoms in total. The van der Waals surface area contributed by atoms with Gasteiger partial charge in [0.2, 0.25) is 0 Å². The average Bonchev–Trinajstić information content (AvgIpc) is 2.67. The number of esters is 1. The van der Waals surface area contributed by atoms with Gasteiger partial charge in [0.15, 0.2) is 18.1 Å². The van der Waals surface area contributed by atoms with E-state index in [1.807, 2.05) is 6.92 Å². The minimum atomic E-state index is -0.429. The zero-order valence-corrected chi connectivity index (χ0v) is 15.7. The number of rotatable bonds is 8. The van der Waals surface area contributed by atoms with Crippen LogP contribution >= 0.6 is 0 Å². The van der Waals surface area contributed by atoms with Crippen molar-refractivity contribution in [3.8, 4) is 5.75 Å². The standard InChI is InChI=1S/C20H23FN2O4/c1-4-23(12-14-5-10-18(26-2)17(21)11-14)13-19(24)22-16-8-6-15(7-9-16)20(25)27-3/h5-11H,4,12-13H2,1-3H3,(H,22,24)/p+1. The Bertz CT molecular complexity index is 793. The van der Waals surface area contributed by atoms with E-state index in [4.69, 9.17) is 4.74 Å². The molecule has 0 heterocycles.